The van der Waals surface area contributed by atoms with Gasteiger partial charge < -0.3 is 0 Å². The Morgan fingerprint density at radius 3 is 2.56 bits per heavy atom. The maximum atomic E-state index is 12.3. The van der Waals surface area contributed by atoms with Gasteiger partial charge in [0.2, 0.25) is 10.0 Å². The molecule has 0 saturated heterocycles. The van der Waals surface area contributed by atoms with E-state index in [-0.39, 0.29) is 0 Å². The minimum Gasteiger partial charge on any atom is -0.271 e. The van der Waals surface area contributed by atoms with Crippen molar-refractivity contribution in [3.05, 3.63) is 63.1 Å². The van der Waals surface area contributed by atoms with Gasteiger partial charge in [-0.05, 0) is 49.2 Å². The normalized spacial score (nSPS) is 12.0. The van der Waals surface area contributed by atoms with Crippen LogP contribution in [0, 0.1) is 6.92 Å². The number of sulfonamides is 1. The molecule has 0 spiro atoms. The number of nitrogens with one attached hydrogen (secondary N) is 1. The maximum absolute atomic E-state index is 12.3. The Labute approximate surface area is 172 Å². The number of rotatable bonds is 6. The lowest BCUT2D eigenvalue weighted by atomic mass is 10.1. The van der Waals surface area contributed by atoms with Crippen molar-refractivity contribution in [1.29, 1.82) is 0 Å². The lowest BCUT2D eigenvalue weighted by Crippen LogP contribution is -2.39. The number of aryl methyl sites for hydroxylation is 1. The number of hydrazone groups is 1. The van der Waals surface area contributed by atoms with Crippen molar-refractivity contribution in [2.45, 2.75) is 13.8 Å². The summed E-state index contributed by atoms with van der Waals surface area (Å²) in [5.41, 5.74) is 4.94. The van der Waals surface area contributed by atoms with E-state index in [0.717, 1.165) is 26.2 Å². The number of anilines is 1. The fourth-order valence-electron chi connectivity index (χ4n) is 2.23. The summed E-state index contributed by atoms with van der Waals surface area (Å²) in [6.45, 7) is 3.15. The molecule has 27 heavy (non-hydrogen) atoms. The highest BCUT2D eigenvalue weighted by atomic mass is 79.9. The van der Waals surface area contributed by atoms with Crippen LogP contribution in [0.5, 0.6) is 0 Å². The minimum atomic E-state index is -3.68. The molecule has 2 aromatic rings. The number of hydrogen-bond donors (Lipinski definition) is 1. The standard InChI is InChI=1S/C18H19BrClN3O3S/c1-12-7-8-16(10-17(12)20)23(27(3,25)26)11-18(24)22-21-13(2)14-5-4-6-15(19)9-14/h4-10H,11H2,1-3H3,(H,22,24)/b21-13-. The first kappa shape index (κ1) is 21.4. The molecule has 0 bridgehead atoms. The largest absolute Gasteiger partial charge is 0.271 e. The molecule has 0 fully saturated rings. The Hall–Kier alpha value is -1.90. The predicted octanol–water partition coefficient (Wildman–Crippen LogP) is 3.72. The van der Waals surface area contributed by atoms with Gasteiger partial charge in [-0.2, -0.15) is 5.10 Å². The minimum absolute atomic E-state index is 0.316. The summed E-state index contributed by atoms with van der Waals surface area (Å²) < 4.78 is 26.1. The van der Waals surface area contributed by atoms with E-state index in [1.165, 1.54) is 6.07 Å². The summed E-state index contributed by atoms with van der Waals surface area (Å²) in [6.07, 6.45) is 1.03. The third-order valence-electron chi connectivity index (χ3n) is 3.72. The van der Waals surface area contributed by atoms with Crippen molar-refractivity contribution in [2.75, 3.05) is 17.1 Å². The summed E-state index contributed by atoms with van der Waals surface area (Å²) in [6, 6.07) is 12.3. The number of carbonyl (C=O) groups is 1. The zero-order valence-electron chi connectivity index (χ0n) is 15.0. The second-order valence-corrected chi connectivity index (χ2v) is 9.18. The maximum Gasteiger partial charge on any atom is 0.260 e. The van der Waals surface area contributed by atoms with Crippen molar-refractivity contribution < 1.29 is 13.2 Å². The number of halogens is 2. The Morgan fingerprint density at radius 2 is 1.96 bits per heavy atom. The van der Waals surface area contributed by atoms with Crippen LogP contribution in [0.2, 0.25) is 5.02 Å². The van der Waals surface area contributed by atoms with Gasteiger partial charge in [-0.25, -0.2) is 13.8 Å². The monoisotopic (exact) mass is 471 g/mol. The summed E-state index contributed by atoms with van der Waals surface area (Å²) in [4.78, 5) is 12.3. The van der Waals surface area contributed by atoms with Gasteiger partial charge in [-0.3, -0.25) is 9.10 Å². The van der Waals surface area contributed by atoms with Crippen LogP contribution in [-0.4, -0.2) is 32.8 Å². The van der Waals surface area contributed by atoms with Crippen LogP contribution in [0.3, 0.4) is 0 Å². The average Bonchev–Trinajstić information content (AvgIpc) is 2.59. The van der Waals surface area contributed by atoms with Gasteiger partial charge in [0, 0.05) is 9.50 Å². The van der Waals surface area contributed by atoms with Gasteiger partial charge >= 0.3 is 0 Å². The van der Waals surface area contributed by atoms with E-state index in [0.29, 0.717) is 16.4 Å². The van der Waals surface area contributed by atoms with E-state index in [9.17, 15) is 13.2 Å². The molecule has 2 rings (SSSR count). The number of benzene rings is 2. The lowest BCUT2D eigenvalue weighted by molar-refractivity contribution is -0.119. The Bertz CT molecular complexity index is 993. The van der Waals surface area contributed by atoms with Crippen molar-refractivity contribution in [3.63, 3.8) is 0 Å². The van der Waals surface area contributed by atoms with Crippen LogP contribution in [0.1, 0.15) is 18.1 Å². The zero-order chi connectivity index (χ0) is 20.2. The van der Waals surface area contributed by atoms with E-state index in [4.69, 9.17) is 11.6 Å². The third kappa shape index (κ3) is 6.05. The molecule has 0 saturated carbocycles. The van der Waals surface area contributed by atoms with Crippen LogP contribution in [-0.2, 0) is 14.8 Å². The SMILES string of the molecule is C/C(=N/NC(=O)CN(c1ccc(C)c(Cl)c1)S(C)(=O)=O)c1cccc(Br)c1. The van der Waals surface area contributed by atoms with E-state index in [2.05, 4.69) is 26.5 Å². The molecule has 0 unspecified atom stereocenters. The molecule has 0 aliphatic carbocycles. The van der Waals surface area contributed by atoms with E-state index in [1.54, 1.807) is 19.1 Å². The summed E-state index contributed by atoms with van der Waals surface area (Å²) >= 11 is 9.46. The third-order valence-corrected chi connectivity index (χ3v) is 5.76. The first-order valence-corrected chi connectivity index (χ1v) is 10.9. The molecule has 1 N–H and O–H groups in total. The Balaban J connectivity index is 2.17. The van der Waals surface area contributed by atoms with Crippen LogP contribution >= 0.6 is 27.5 Å². The van der Waals surface area contributed by atoms with Crippen molar-refractivity contribution >= 4 is 54.9 Å². The summed E-state index contributed by atoms with van der Waals surface area (Å²) in [5.74, 6) is -0.563. The fourth-order valence-corrected chi connectivity index (χ4v) is 3.65. The Kier molecular flexibility index (Phi) is 7.02. The van der Waals surface area contributed by atoms with Crippen molar-refractivity contribution in [3.8, 4) is 0 Å². The van der Waals surface area contributed by atoms with Gasteiger partial charge in [0.05, 0.1) is 17.7 Å². The first-order chi connectivity index (χ1) is 12.6. The molecule has 0 heterocycles. The van der Waals surface area contributed by atoms with E-state index >= 15 is 0 Å². The van der Waals surface area contributed by atoms with Gasteiger partial charge in [0.15, 0.2) is 0 Å². The highest BCUT2D eigenvalue weighted by molar-refractivity contribution is 9.10. The summed E-state index contributed by atoms with van der Waals surface area (Å²) in [5, 5.41) is 4.47. The van der Waals surface area contributed by atoms with Gasteiger partial charge in [0.25, 0.3) is 5.91 Å². The highest BCUT2D eigenvalue weighted by Crippen LogP contribution is 2.24. The molecule has 144 valence electrons. The molecule has 6 nitrogen and oxygen atoms in total. The first-order valence-electron chi connectivity index (χ1n) is 7.91. The number of hydrogen-bond acceptors (Lipinski definition) is 4. The molecular formula is C18H19BrClN3O3S. The molecule has 0 aromatic heterocycles. The predicted molar refractivity (Wildman–Crippen MR) is 113 cm³/mol. The molecule has 9 heteroatoms. The number of carbonyl (C=O) groups excluding carboxylic acids is 1. The summed E-state index contributed by atoms with van der Waals surface area (Å²) in [7, 11) is -3.68. The van der Waals surface area contributed by atoms with Crippen LogP contribution in [0.15, 0.2) is 52.0 Å². The van der Waals surface area contributed by atoms with Crippen molar-refractivity contribution in [1.82, 2.24) is 5.43 Å². The molecule has 0 aliphatic rings. The number of amides is 1. The van der Waals surface area contributed by atoms with Gasteiger partial charge in [0.1, 0.15) is 6.54 Å². The van der Waals surface area contributed by atoms with Crippen LogP contribution in [0.4, 0.5) is 5.69 Å². The van der Waals surface area contributed by atoms with Crippen LogP contribution in [0.25, 0.3) is 0 Å². The fraction of sp³-hybridized carbons (Fsp3) is 0.222. The highest BCUT2D eigenvalue weighted by Gasteiger charge is 2.21. The average molecular weight is 473 g/mol. The molecule has 0 radical (unpaired) electrons. The molecule has 1 amide bonds. The van der Waals surface area contributed by atoms with Crippen molar-refractivity contribution in [2.24, 2.45) is 5.10 Å². The molecule has 0 aliphatic heterocycles. The van der Waals surface area contributed by atoms with E-state index < -0.39 is 22.5 Å². The zero-order valence-corrected chi connectivity index (χ0v) is 18.2. The lowest BCUT2D eigenvalue weighted by Gasteiger charge is -2.22. The molecular weight excluding hydrogens is 454 g/mol. The smallest absolute Gasteiger partial charge is 0.260 e. The quantitative estimate of drug-likeness (QED) is 0.514. The molecule has 0 atom stereocenters. The van der Waals surface area contributed by atoms with Gasteiger partial charge in [-0.1, -0.05) is 45.7 Å². The second kappa shape index (κ2) is 8.86. The number of nitrogens with zero attached hydrogens (tertiary/aromatic N) is 2. The van der Waals surface area contributed by atoms with Crippen LogP contribution < -0.4 is 9.73 Å². The molecule has 2 aromatic carbocycles. The van der Waals surface area contributed by atoms with E-state index in [1.807, 2.05) is 31.2 Å². The Morgan fingerprint density at radius 1 is 1.26 bits per heavy atom. The second-order valence-electron chi connectivity index (χ2n) is 5.95. The topological polar surface area (TPSA) is 78.8 Å². The van der Waals surface area contributed by atoms with Gasteiger partial charge in [-0.15, -0.1) is 0 Å².